The van der Waals surface area contributed by atoms with Gasteiger partial charge in [-0.1, -0.05) is 60.2 Å². The van der Waals surface area contributed by atoms with Crippen molar-refractivity contribution in [1.29, 1.82) is 0 Å². The third-order valence-electron chi connectivity index (χ3n) is 8.36. The van der Waals surface area contributed by atoms with Gasteiger partial charge in [0.25, 0.3) is 5.91 Å². The lowest BCUT2D eigenvalue weighted by Crippen LogP contribution is -2.34. The number of halogens is 1. The van der Waals surface area contributed by atoms with Crippen LogP contribution in [0.2, 0.25) is 0 Å². The van der Waals surface area contributed by atoms with Crippen LogP contribution in [0.4, 0.5) is 4.39 Å². The number of piperidine rings is 1. The molecule has 1 amide bonds. The molecule has 0 saturated carbocycles. The molecule has 2 saturated heterocycles. The van der Waals surface area contributed by atoms with Gasteiger partial charge in [-0.2, -0.15) is 5.10 Å². The lowest BCUT2D eigenvalue weighted by Gasteiger charge is -2.33. The van der Waals surface area contributed by atoms with E-state index in [0.717, 1.165) is 63.4 Å². The van der Waals surface area contributed by atoms with E-state index >= 15 is 0 Å². The van der Waals surface area contributed by atoms with E-state index in [0.29, 0.717) is 11.5 Å². The number of aryl methyl sites for hydroxylation is 1. The molecular weight excluding hydrogens is 487 g/mol. The van der Waals surface area contributed by atoms with Gasteiger partial charge in [-0.05, 0) is 74.7 Å². The van der Waals surface area contributed by atoms with E-state index in [1.54, 1.807) is 18.3 Å². The Labute approximate surface area is 229 Å². The second-order valence-electron chi connectivity index (χ2n) is 11.0. The minimum absolute atomic E-state index is 0.0545. The maximum absolute atomic E-state index is 13.9. The molecule has 1 aromatic heterocycles. The van der Waals surface area contributed by atoms with E-state index in [1.165, 1.54) is 28.8 Å². The number of amides is 1. The summed E-state index contributed by atoms with van der Waals surface area (Å²) >= 11 is 0. The molecule has 0 N–H and O–H groups in total. The molecule has 0 radical (unpaired) electrons. The van der Waals surface area contributed by atoms with Crippen LogP contribution >= 0.6 is 0 Å². The summed E-state index contributed by atoms with van der Waals surface area (Å²) in [5.41, 5.74) is 6.33. The standard InChI is InChI=1S/C33H35FN4O/c1-24-7-9-25(10-8-24)22-36-18-15-27(16-19-36)32-31(21-35-38(32)30-13-11-29(34)12-14-30)33(39)37-20-17-28(23-37)26-5-3-2-4-6-26/h2-14,21,27-28H,15-20,22-23H2,1H3/t28-/m0/s1. The monoisotopic (exact) mass is 522 g/mol. The number of likely N-dealkylation sites (tertiary alicyclic amines) is 2. The normalized spacial score (nSPS) is 18.5. The second-order valence-corrected chi connectivity index (χ2v) is 11.0. The first-order chi connectivity index (χ1) is 19.0. The molecule has 5 nitrogen and oxygen atoms in total. The molecule has 1 atom stereocenters. The van der Waals surface area contributed by atoms with E-state index in [-0.39, 0.29) is 17.6 Å². The molecule has 2 fully saturated rings. The third kappa shape index (κ3) is 5.52. The zero-order valence-corrected chi connectivity index (χ0v) is 22.5. The van der Waals surface area contributed by atoms with Crippen LogP contribution in [-0.4, -0.2) is 51.7 Å². The summed E-state index contributed by atoms with van der Waals surface area (Å²) in [6.07, 6.45) is 4.60. The van der Waals surface area contributed by atoms with Gasteiger partial charge >= 0.3 is 0 Å². The van der Waals surface area contributed by atoms with E-state index in [4.69, 9.17) is 0 Å². The molecule has 2 aliphatic rings. The van der Waals surface area contributed by atoms with Gasteiger partial charge in [0.15, 0.2) is 0 Å². The van der Waals surface area contributed by atoms with Crippen molar-refractivity contribution < 1.29 is 9.18 Å². The Bertz CT molecular complexity index is 1410. The van der Waals surface area contributed by atoms with Gasteiger partial charge in [0.05, 0.1) is 23.1 Å². The SMILES string of the molecule is Cc1ccc(CN2CCC(c3c(C(=O)N4CC[C@H](c5ccccc5)C4)cnn3-c3ccc(F)cc3)CC2)cc1. The van der Waals surface area contributed by atoms with E-state index in [2.05, 4.69) is 65.5 Å². The summed E-state index contributed by atoms with van der Waals surface area (Å²) in [5.74, 6) is 0.338. The summed E-state index contributed by atoms with van der Waals surface area (Å²) in [6.45, 7) is 6.43. The summed E-state index contributed by atoms with van der Waals surface area (Å²) in [7, 11) is 0. The van der Waals surface area contributed by atoms with E-state index in [1.807, 2.05) is 15.6 Å². The average molecular weight is 523 g/mol. The first-order valence-electron chi connectivity index (χ1n) is 14.0. The van der Waals surface area contributed by atoms with Crippen LogP contribution in [0.1, 0.15) is 63.8 Å². The zero-order valence-electron chi connectivity index (χ0n) is 22.5. The van der Waals surface area contributed by atoms with Gasteiger partial charge in [0, 0.05) is 31.5 Å². The number of rotatable bonds is 6. The number of nitrogens with zero attached hydrogens (tertiary/aromatic N) is 4. The summed E-state index contributed by atoms with van der Waals surface area (Å²) in [5, 5.41) is 4.69. The second kappa shape index (κ2) is 11.1. The molecule has 0 bridgehead atoms. The quantitative estimate of drug-likeness (QED) is 0.297. The minimum Gasteiger partial charge on any atom is -0.338 e. The Morgan fingerprint density at radius 3 is 2.28 bits per heavy atom. The maximum Gasteiger partial charge on any atom is 0.257 e. The van der Waals surface area contributed by atoms with Crippen molar-refractivity contribution in [3.05, 3.63) is 119 Å². The highest BCUT2D eigenvalue weighted by Crippen LogP contribution is 2.35. The van der Waals surface area contributed by atoms with Crippen molar-refractivity contribution in [2.45, 2.75) is 44.6 Å². The Kier molecular flexibility index (Phi) is 7.29. The van der Waals surface area contributed by atoms with E-state index < -0.39 is 0 Å². The highest BCUT2D eigenvalue weighted by molar-refractivity contribution is 5.95. The topological polar surface area (TPSA) is 41.4 Å². The first kappa shape index (κ1) is 25.5. The van der Waals surface area contributed by atoms with Crippen molar-refractivity contribution in [3.63, 3.8) is 0 Å². The van der Waals surface area contributed by atoms with Crippen LogP contribution < -0.4 is 0 Å². The van der Waals surface area contributed by atoms with Crippen LogP contribution in [0.5, 0.6) is 0 Å². The first-order valence-corrected chi connectivity index (χ1v) is 14.0. The van der Waals surface area contributed by atoms with Gasteiger partial charge < -0.3 is 4.90 Å². The van der Waals surface area contributed by atoms with Crippen molar-refractivity contribution in [2.24, 2.45) is 0 Å². The molecule has 39 heavy (non-hydrogen) atoms. The van der Waals surface area contributed by atoms with Crippen LogP contribution in [-0.2, 0) is 6.54 Å². The fourth-order valence-electron chi connectivity index (χ4n) is 6.13. The van der Waals surface area contributed by atoms with Gasteiger partial charge in [0.2, 0.25) is 0 Å². The van der Waals surface area contributed by atoms with Gasteiger partial charge in [-0.25, -0.2) is 9.07 Å². The Morgan fingerprint density at radius 1 is 0.872 bits per heavy atom. The Morgan fingerprint density at radius 2 is 1.56 bits per heavy atom. The predicted octanol–water partition coefficient (Wildman–Crippen LogP) is 6.33. The number of benzene rings is 3. The van der Waals surface area contributed by atoms with Crippen LogP contribution in [0.25, 0.3) is 5.69 Å². The highest BCUT2D eigenvalue weighted by atomic mass is 19.1. The maximum atomic E-state index is 13.9. The fraction of sp³-hybridized carbons (Fsp3) is 0.333. The Balaban J connectivity index is 1.23. The molecule has 200 valence electrons. The molecule has 4 aromatic rings. The fourth-order valence-corrected chi connectivity index (χ4v) is 6.13. The molecule has 6 rings (SSSR count). The molecule has 0 unspecified atom stereocenters. The predicted molar refractivity (Wildman–Crippen MR) is 152 cm³/mol. The van der Waals surface area contributed by atoms with Gasteiger partial charge in [-0.15, -0.1) is 0 Å². The highest BCUT2D eigenvalue weighted by Gasteiger charge is 2.34. The number of carbonyl (C=O) groups excluding carboxylic acids is 1. The average Bonchev–Trinajstić information content (AvgIpc) is 3.64. The molecule has 3 aromatic carbocycles. The molecule has 3 heterocycles. The van der Waals surface area contributed by atoms with E-state index in [9.17, 15) is 9.18 Å². The van der Waals surface area contributed by atoms with Crippen LogP contribution in [0.15, 0.2) is 85.1 Å². The molecule has 6 heteroatoms. The smallest absolute Gasteiger partial charge is 0.257 e. The van der Waals surface area contributed by atoms with Crippen LogP contribution in [0, 0.1) is 12.7 Å². The third-order valence-corrected chi connectivity index (χ3v) is 8.36. The molecule has 0 aliphatic carbocycles. The number of aromatic nitrogens is 2. The summed E-state index contributed by atoms with van der Waals surface area (Å²) in [4.78, 5) is 18.4. The summed E-state index contributed by atoms with van der Waals surface area (Å²) < 4.78 is 15.6. The van der Waals surface area contributed by atoms with Gasteiger partial charge in [0.1, 0.15) is 5.82 Å². The van der Waals surface area contributed by atoms with Gasteiger partial charge in [-0.3, -0.25) is 9.69 Å². The molecule has 2 aliphatic heterocycles. The zero-order chi connectivity index (χ0) is 26.8. The Hall–Kier alpha value is -3.77. The number of carbonyl (C=O) groups is 1. The van der Waals surface area contributed by atoms with Crippen molar-refractivity contribution >= 4 is 5.91 Å². The lowest BCUT2D eigenvalue weighted by atomic mass is 9.90. The summed E-state index contributed by atoms with van der Waals surface area (Å²) in [6, 6.07) is 25.6. The largest absolute Gasteiger partial charge is 0.338 e. The van der Waals surface area contributed by atoms with Crippen molar-refractivity contribution in [1.82, 2.24) is 19.6 Å². The number of hydrogen-bond acceptors (Lipinski definition) is 3. The molecular formula is C33H35FN4O. The minimum atomic E-state index is -0.280. The van der Waals surface area contributed by atoms with Crippen molar-refractivity contribution in [2.75, 3.05) is 26.2 Å². The van der Waals surface area contributed by atoms with Crippen LogP contribution in [0.3, 0.4) is 0 Å². The van der Waals surface area contributed by atoms with Crippen molar-refractivity contribution in [3.8, 4) is 5.69 Å². The lowest BCUT2D eigenvalue weighted by molar-refractivity contribution is 0.0788. The molecule has 0 spiro atoms. The number of hydrogen-bond donors (Lipinski definition) is 0.